The first kappa shape index (κ1) is 25.3. The van der Waals surface area contributed by atoms with Gasteiger partial charge in [-0.3, -0.25) is 14.3 Å². The summed E-state index contributed by atoms with van der Waals surface area (Å²) < 4.78 is 48.6. The molecule has 1 N–H and O–H groups in total. The molecule has 0 saturated carbocycles. The number of nitrogens with one attached hydrogen (secondary N) is 1. The second-order valence-electron chi connectivity index (χ2n) is 9.10. The molecular weight excluding hydrogens is 503 g/mol. The average molecular weight is 528 g/mol. The average Bonchev–Trinajstić information content (AvgIpc) is 3.49. The number of nitrogens with zero attached hydrogens (tertiary/aromatic N) is 4. The monoisotopic (exact) mass is 527 g/mol. The molecule has 12 heteroatoms. The number of rotatable bonds is 6. The fourth-order valence-corrected chi connectivity index (χ4v) is 4.47. The summed E-state index contributed by atoms with van der Waals surface area (Å²) in [6.07, 6.45) is -0.367. The van der Waals surface area contributed by atoms with Gasteiger partial charge in [0.15, 0.2) is 11.3 Å². The van der Waals surface area contributed by atoms with Crippen LogP contribution in [0.15, 0.2) is 59.3 Å². The van der Waals surface area contributed by atoms with Crippen molar-refractivity contribution in [3.8, 4) is 5.75 Å². The van der Waals surface area contributed by atoms with E-state index in [2.05, 4.69) is 20.1 Å². The number of furan rings is 1. The zero-order chi connectivity index (χ0) is 26.9. The lowest BCUT2D eigenvalue weighted by Crippen LogP contribution is -2.39. The molecule has 3 aromatic heterocycles. The standard InChI is InChI=1S/C26H24F3N5O4/c1-16-5-6-22-21(31-16)13-23(37-22)25(36)33-9-7-19(8-10-33)34-15-18(14-30-34)32-24(35)12-17-3-2-4-20(11-17)38-26(27,28)29/h2-6,11,13-15,19H,7-10,12H2,1H3,(H,32,35). The topological polar surface area (TPSA) is 102 Å². The number of amides is 2. The van der Waals surface area contributed by atoms with Gasteiger partial charge in [0.05, 0.1) is 24.3 Å². The number of pyridine rings is 1. The number of aryl methyl sites for hydroxylation is 1. The Labute approximate surface area is 215 Å². The Morgan fingerprint density at radius 1 is 1.16 bits per heavy atom. The van der Waals surface area contributed by atoms with E-state index < -0.39 is 12.3 Å². The van der Waals surface area contributed by atoms with Crippen molar-refractivity contribution >= 4 is 28.6 Å². The van der Waals surface area contributed by atoms with Gasteiger partial charge in [-0.2, -0.15) is 5.10 Å². The fraction of sp³-hybridized carbons (Fsp3) is 0.308. The summed E-state index contributed by atoms with van der Waals surface area (Å²) in [6, 6.07) is 10.6. The van der Waals surface area contributed by atoms with E-state index in [4.69, 9.17) is 4.42 Å². The fourth-order valence-electron chi connectivity index (χ4n) is 4.47. The predicted molar refractivity (Wildman–Crippen MR) is 131 cm³/mol. The highest BCUT2D eigenvalue weighted by atomic mass is 19.4. The van der Waals surface area contributed by atoms with Gasteiger partial charge in [0.25, 0.3) is 5.91 Å². The maximum atomic E-state index is 12.9. The first-order valence-corrected chi connectivity index (χ1v) is 12.0. The van der Waals surface area contributed by atoms with E-state index in [1.165, 1.54) is 24.4 Å². The highest BCUT2D eigenvalue weighted by Crippen LogP contribution is 2.27. The van der Waals surface area contributed by atoms with E-state index in [0.717, 1.165) is 5.69 Å². The Bertz CT molecular complexity index is 1470. The minimum absolute atomic E-state index is 0.0425. The third kappa shape index (κ3) is 5.96. The lowest BCUT2D eigenvalue weighted by Gasteiger charge is -2.31. The lowest BCUT2D eigenvalue weighted by molar-refractivity contribution is -0.274. The Morgan fingerprint density at radius 3 is 2.71 bits per heavy atom. The molecule has 1 aliphatic rings. The van der Waals surface area contributed by atoms with Crippen LogP contribution < -0.4 is 10.1 Å². The van der Waals surface area contributed by atoms with E-state index in [1.54, 1.807) is 34.0 Å². The number of likely N-dealkylation sites (tertiary alicyclic amines) is 1. The van der Waals surface area contributed by atoms with Crippen LogP contribution in [0.25, 0.3) is 11.1 Å². The molecule has 0 spiro atoms. The quantitative estimate of drug-likeness (QED) is 0.383. The Hall–Kier alpha value is -4.35. The van der Waals surface area contributed by atoms with Crippen LogP contribution in [0.5, 0.6) is 5.75 Å². The molecule has 0 bridgehead atoms. The van der Waals surface area contributed by atoms with Crippen LogP contribution >= 0.6 is 0 Å². The van der Waals surface area contributed by atoms with E-state index in [0.29, 0.717) is 48.3 Å². The van der Waals surface area contributed by atoms with Crippen molar-refractivity contribution in [2.24, 2.45) is 0 Å². The second kappa shape index (κ2) is 10.2. The van der Waals surface area contributed by atoms with Crippen molar-refractivity contribution in [3.05, 3.63) is 71.9 Å². The third-order valence-electron chi connectivity index (χ3n) is 6.23. The molecule has 2 amide bonds. The molecule has 1 aliphatic heterocycles. The highest BCUT2D eigenvalue weighted by molar-refractivity contribution is 5.95. The zero-order valence-corrected chi connectivity index (χ0v) is 20.4. The van der Waals surface area contributed by atoms with Crippen molar-refractivity contribution in [2.45, 2.75) is 38.6 Å². The van der Waals surface area contributed by atoms with Crippen LogP contribution in [0, 0.1) is 6.92 Å². The van der Waals surface area contributed by atoms with Crippen LogP contribution in [-0.2, 0) is 11.2 Å². The molecular formula is C26H24F3N5O4. The molecule has 0 radical (unpaired) electrons. The first-order chi connectivity index (χ1) is 18.1. The molecule has 1 saturated heterocycles. The highest BCUT2D eigenvalue weighted by Gasteiger charge is 2.31. The van der Waals surface area contributed by atoms with Crippen LogP contribution in [0.4, 0.5) is 18.9 Å². The SMILES string of the molecule is Cc1ccc2oc(C(=O)N3CCC(n4cc(NC(=O)Cc5cccc(OC(F)(F)F)c5)cn4)CC3)cc2n1. The summed E-state index contributed by atoms with van der Waals surface area (Å²) in [5.41, 5.74) is 2.92. The van der Waals surface area contributed by atoms with Crippen molar-refractivity contribution in [2.75, 3.05) is 18.4 Å². The minimum Gasteiger partial charge on any atom is -0.449 e. The van der Waals surface area contributed by atoms with Gasteiger partial charge in [-0.15, -0.1) is 13.2 Å². The molecule has 1 aromatic carbocycles. The van der Waals surface area contributed by atoms with Crippen LogP contribution in [0.1, 0.15) is 40.7 Å². The van der Waals surface area contributed by atoms with Gasteiger partial charge in [0.1, 0.15) is 11.3 Å². The number of fused-ring (bicyclic) bond motifs is 1. The largest absolute Gasteiger partial charge is 0.573 e. The van der Waals surface area contributed by atoms with Gasteiger partial charge in [0, 0.05) is 31.0 Å². The molecule has 9 nitrogen and oxygen atoms in total. The Balaban J connectivity index is 1.14. The Kier molecular flexibility index (Phi) is 6.79. The van der Waals surface area contributed by atoms with Crippen molar-refractivity contribution in [1.29, 1.82) is 0 Å². The Morgan fingerprint density at radius 2 is 1.95 bits per heavy atom. The van der Waals surface area contributed by atoms with Crippen molar-refractivity contribution in [1.82, 2.24) is 19.7 Å². The summed E-state index contributed by atoms with van der Waals surface area (Å²) in [5, 5.41) is 7.06. The number of benzene rings is 1. The van der Waals surface area contributed by atoms with E-state index in [-0.39, 0.29) is 29.9 Å². The lowest BCUT2D eigenvalue weighted by atomic mass is 10.1. The minimum atomic E-state index is -4.80. The maximum Gasteiger partial charge on any atom is 0.573 e. The number of alkyl halides is 3. The molecule has 4 aromatic rings. The number of hydrogen-bond acceptors (Lipinski definition) is 6. The summed E-state index contributed by atoms with van der Waals surface area (Å²) in [5.74, 6) is -0.703. The van der Waals surface area contributed by atoms with Gasteiger partial charge in [-0.1, -0.05) is 12.1 Å². The van der Waals surface area contributed by atoms with Gasteiger partial charge in [-0.05, 0) is 49.6 Å². The number of aromatic nitrogens is 3. The van der Waals surface area contributed by atoms with Crippen LogP contribution in [-0.4, -0.2) is 50.9 Å². The number of hydrogen-bond donors (Lipinski definition) is 1. The zero-order valence-electron chi connectivity index (χ0n) is 20.4. The summed E-state index contributed by atoms with van der Waals surface area (Å²) in [4.78, 5) is 31.5. The molecule has 5 rings (SSSR count). The number of ether oxygens (including phenoxy) is 1. The number of carbonyl (C=O) groups is 2. The normalized spacial score (nSPS) is 14.6. The number of piperidine rings is 1. The van der Waals surface area contributed by atoms with E-state index >= 15 is 0 Å². The smallest absolute Gasteiger partial charge is 0.449 e. The number of halogens is 3. The molecule has 0 unspecified atom stereocenters. The predicted octanol–water partition coefficient (Wildman–Crippen LogP) is 4.89. The molecule has 1 fully saturated rings. The molecule has 38 heavy (non-hydrogen) atoms. The molecule has 198 valence electrons. The van der Waals surface area contributed by atoms with Gasteiger partial charge < -0.3 is 19.4 Å². The molecule has 0 aliphatic carbocycles. The summed E-state index contributed by atoms with van der Waals surface area (Å²) in [6.45, 7) is 2.91. The van der Waals surface area contributed by atoms with Gasteiger partial charge in [-0.25, -0.2) is 4.98 Å². The first-order valence-electron chi connectivity index (χ1n) is 12.0. The second-order valence-corrected chi connectivity index (χ2v) is 9.10. The van der Waals surface area contributed by atoms with Gasteiger partial charge >= 0.3 is 6.36 Å². The molecule has 4 heterocycles. The van der Waals surface area contributed by atoms with Crippen molar-refractivity contribution < 1.29 is 31.9 Å². The number of anilines is 1. The van der Waals surface area contributed by atoms with Crippen molar-refractivity contribution in [3.63, 3.8) is 0 Å². The summed E-state index contributed by atoms with van der Waals surface area (Å²) >= 11 is 0. The van der Waals surface area contributed by atoms with Gasteiger partial charge in [0.2, 0.25) is 5.91 Å². The number of carbonyl (C=O) groups excluding carboxylic acids is 2. The maximum absolute atomic E-state index is 12.9. The van der Waals surface area contributed by atoms with E-state index in [1.807, 2.05) is 13.0 Å². The van der Waals surface area contributed by atoms with Crippen LogP contribution in [0.2, 0.25) is 0 Å². The third-order valence-corrected chi connectivity index (χ3v) is 6.23. The molecule has 0 atom stereocenters. The van der Waals surface area contributed by atoms with Crippen LogP contribution in [0.3, 0.4) is 0 Å². The summed E-state index contributed by atoms with van der Waals surface area (Å²) in [7, 11) is 0. The van der Waals surface area contributed by atoms with E-state index in [9.17, 15) is 22.8 Å².